The second kappa shape index (κ2) is 7.48. The SMILES string of the molecule is CCCCC1C(=O)N(c2ccc(S(N)(=O)=O)cc2)C(=O)C1(C)c1ccccc1. The molecule has 0 bridgehead atoms. The van der Waals surface area contributed by atoms with Gasteiger partial charge in [-0.25, -0.2) is 18.5 Å². The van der Waals surface area contributed by atoms with Gasteiger partial charge in [-0.05, 0) is 43.2 Å². The Morgan fingerprint density at radius 3 is 2.18 bits per heavy atom. The third kappa shape index (κ3) is 3.36. The van der Waals surface area contributed by atoms with E-state index in [1.165, 1.54) is 29.2 Å². The molecule has 148 valence electrons. The van der Waals surface area contributed by atoms with Gasteiger partial charge in [-0.1, -0.05) is 50.1 Å². The molecule has 0 saturated carbocycles. The van der Waals surface area contributed by atoms with Crippen LogP contribution in [0.4, 0.5) is 5.69 Å². The van der Waals surface area contributed by atoms with Crippen molar-refractivity contribution >= 4 is 27.5 Å². The van der Waals surface area contributed by atoms with Crippen LogP contribution in [-0.2, 0) is 25.0 Å². The van der Waals surface area contributed by atoms with E-state index >= 15 is 0 Å². The minimum absolute atomic E-state index is 0.0660. The second-order valence-corrected chi connectivity index (χ2v) is 8.84. The number of sulfonamides is 1. The Morgan fingerprint density at radius 2 is 1.64 bits per heavy atom. The average molecular weight is 401 g/mol. The Labute approximate surface area is 165 Å². The summed E-state index contributed by atoms with van der Waals surface area (Å²) in [5.41, 5.74) is 0.188. The van der Waals surface area contributed by atoms with Crippen LogP contribution >= 0.6 is 0 Å². The first-order valence-corrected chi connectivity index (χ1v) is 10.8. The molecule has 1 heterocycles. The van der Waals surface area contributed by atoms with Crippen LogP contribution in [0.25, 0.3) is 0 Å². The molecule has 0 aromatic heterocycles. The van der Waals surface area contributed by atoms with E-state index in [0.717, 1.165) is 18.4 Å². The Kier molecular flexibility index (Phi) is 5.41. The Bertz CT molecular complexity index is 987. The van der Waals surface area contributed by atoms with Gasteiger partial charge in [0.15, 0.2) is 0 Å². The number of hydrogen-bond acceptors (Lipinski definition) is 4. The average Bonchev–Trinajstić information content (AvgIpc) is 2.87. The molecule has 2 unspecified atom stereocenters. The third-order valence-corrected chi connectivity index (χ3v) is 6.44. The van der Waals surface area contributed by atoms with Gasteiger partial charge in [-0.15, -0.1) is 0 Å². The Hall–Kier alpha value is -2.51. The normalized spacial score (nSPS) is 22.7. The van der Waals surface area contributed by atoms with Crippen molar-refractivity contribution in [3.05, 3.63) is 60.2 Å². The topological polar surface area (TPSA) is 97.5 Å². The molecule has 0 aliphatic carbocycles. The number of benzene rings is 2. The summed E-state index contributed by atoms with van der Waals surface area (Å²) < 4.78 is 23.0. The summed E-state index contributed by atoms with van der Waals surface area (Å²) in [4.78, 5) is 27.8. The van der Waals surface area contributed by atoms with E-state index in [0.29, 0.717) is 12.1 Å². The highest BCUT2D eigenvalue weighted by atomic mass is 32.2. The number of hydrogen-bond donors (Lipinski definition) is 1. The standard InChI is InChI=1S/C21H24N2O4S/c1-3-4-10-18-19(24)23(16-11-13-17(14-12-16)28(22,26)27)20(25)21(18,2)15-8-6-5-7-9-15/h5-9,11-14,18H,3-4,10H2,1-2H3,(H2,22,26,27). The largest absolute Gasteiger partial charge is 0.274 e. The molecule has 1 fully saturated rings. The van der Waals surface area contributed by atoms with E-state index in [4.69, 9.17) is 5.14 Å². The number of primary sulfonamides is 1. The maximum absolute atomic E-state index is 13.5. The van der Waals surface area contributed by atoms with Crippen LogP contribution in [0.2, 0.25) is 0 Å². The van der Waals surface area contributed by atoms with Crippen molar-refractivity contribution in [2.24, 2.45) is 11.1 Å². The zero-order chi connectivity index (χ0) is 20.5. The Balaban J connectivity index is 2.06. The van der Waals surface area contributed by atoms with Gasteiger partial charge in [-0.2, -0.15) is 0 Å². The zero-order valence-corrected chi connectivity index (χ0v) is 16.8. The number of imide groups is 1. The molecule has 1 aliphatic heterocycles. The number of unbranched alkanes of at least 4 members (excludes halogenated alkanes) is 1. The monoisotopic (exact) mass is 400 g/mol. The van der Waals surface area contributed by atoms with Gasteiger partial charge in [0.1, 0.15) is 0 Å². The van der Waals surface area contributed by atoms with Gasteiger partial charge >= 0.3 is 0 Å². The first kappa shape index (κ1) is 20.2. The number of carbonyl (C=O) groups excluding carboxylic acids is 2. The Morgan fingerprint density at radius 1 is 1.04 bits per heavy atom. The van der Waals surface area contributed by atoms with Gasteiger partial charge in [0.25, 0.3) is 0 Å². The molecule has 7 heteroatoms. The van der Waals surface area contributed by atoms with Crippen molar-refractivity contribution in [3.63, 3.8) is 0 Å². The number of rotatable bonds is 6. The van der Waals surface area contributed by atoms with Gasteiger partial charge in [0.05, 0.1) is 21.9 Å². The van der Waals surface area contributed by atoms with Crippen LogP contribution in [0.5, 0.6) is 0 Å². The summed E-state index contributed by atoms with van der Waals surface area (Å²) in [6.07, 6.45) is 2.37. The smallest absolute Gasteiger partial charge is 0.244 e. The highest BCUT2D eigenvalue weighted by Crippen LogP contribution is 2.45. The molecular weight excluding hydrogens is 376 g/mol. The van der Waals surface area contributed by atoms with E-state index in [1.807, 2.05) is 44.2 Å². The molecule has 0 radical (unpaired) electrons. The molecule has 1 saturated heterocycles. The van der Waals surface area contributed by atoms with Crippen LogP contribution < -0.4 is 10.0 Å². The quantitative estimate of drug-likeness (QED) is 0.754. The van der Waals surface area contributed by atoms with E-state index in [9.17, 15) is 18.0 Å². The molecule has 2 N–H and O–H groups in total. The number of nitrogens with zero attached hydrogens (tertiary/aromatic N) is 1. The van der Waals surface area contributed by atoms with Crippen molar-refractivity contribution in [1.29, 1.82) is 0 Å². The number of nitrogens with two attached hydrogens (primary N) is 1. The van der Waals surface area contributed by atoms with E-state index < -0.39 is 21.4 Å². The van der Waals surface area contributed by atoms with Crippen LogP contribution in [0.3, 0.4) is 0 Å². The van der Waals surface area contributed by atoms with Gasteiger partial charge in [-0.3, -0.25) is 9.59 Å². The van der Waals surface area contributed by atoms with Gasteiger partial charge in [0.2, 0.25) is 21.8 Å². The minimum atomic E-state index is -3.85. The van der Waals surface area contributed by atoms with Crippen molar-refractivity contribution in [3.8, 4) is 0 Å². The highest BCUT2D eigenvalue weighted by molar-refractivity contribution is 7.89. The van der Waals surface area contributed by atoms with Crippen molar-refractivity contribution in [1.82, 2.24) is 0 Å². The molecule has 3 rings (SSSR count). The first-order chi connectivity index (χ1) is 13.2. The molecule has 28 heavy (non-hydrogen) atoms. The summed E-state index contributed by atoms with van der Waals surface area (Å²) in [5.74, 6) is -1.03. The third-order valence-electron chi connectivity index (χ3n) is 5.51. The highest BCUT2D eigenvalue weighted by Gasteiger charge is 2.57. The molecule has 2 atom stereocenters. The lowest BCUT2D eigenvalue weighted by atomic mass is 9.71. The summed E-state index contributed by atoms with van der Waals surface area (Å²) in [6.45, 7) is 3.87. The number of carbonyl (C=O) groups is 2. The van der Waals surface area contributed by atoms with Crippen molar-refractivity contribution in [2.75, 3.05) is 4.90 Å². The lowest BCUT2D eigenvalue weighted by molar-refractivity contribution is -0.122. The maximum Gasteiger partial charge on any atom is 0.244 e. The molecule has 1 aliphatic rings. The summed E-state index contributed by atoms with van der Waals surface area (Å²) >= 11 is 0. The molecule has 6 nitrogen and oxygen atoms in total. The fourth-order valence-electron chi connectivity index (χ4n) is 3.84. The number of amides is 2. The summed E-state index contributed by atoms with van der Waals surface area (Å²) in [7, 11) is -3.85. The molecule has 2 amide bonds. The predicted molar refractivity (Wildman–Crippen MR) is 107 cm³/mol. The fourth-order valence-corrected chi connectivity index (χ4v) is 4.36. The maximum atomic E-state index is 13.5. The molecule has 2 aromatic rings. The van der Waals surface area contributed by atoms with E-state index in [1.54, 1.807) is 0 Å². The van der Waals surface area contributed by atoms with Crippen LogP contribution in [0, 0.1) is 5.92 Å². The second-order valence-electron chi connectivity index (χ2n) is 7.28. The molecule has 2 aromatic carbocycles. The fraction of sp³-hybridized carbons (Fsp3) is 0.333. The lowest BCUT2D eigenvalue weighted by Gasteiger charge is -2.27. The van der Waals surface area contributed by atoms with E-state index in [2.05, 4.69) is 0 Å². The van der Waals surface area contributed by atoms with Gasteiger partial charge in [0, 0.05) is 0 Å². The zero-order valence-electron chi connectivity index (χ0n) is 16.0. The van der Waals surface area contributed by atoms with Crippen LogP contribution in [0.15, 0.2) is 59.5 Å². The molecular formula is C21H24N2O4S. The molecule has 0 spiro atoms. The minimum Gasteiger partial charge on any atom is -0.274 e. The summed E-state index contributed by atoms with van der Waals surface area (Å²) in [5, 5.41) is 5.14. The van der Waals surface area contributed by atoms with Crippen LogP contribution in [0.1, 0.15) is 38.7 Å². The lowest BCUT2D eigenvalue weighted by Crippen LogP contribution is -2.38. The van der Waals surface area contributed by atoms with Crippen molar-refractivity contribution < 1.29 is 18.0 Å². The van der Waals surface area contributed by atoms with Crippen molar-refractivity contribution in [2.45, 2.75) is 43.4 Å². The van der Waals surface area contributed by atoms with Crippen LogP contribution in [-0.4, -0.2) is 20.2 Å². The first-order valence-electron chi connectivity index (χ1n) is 9.28. The number of anilines is 1. The van der Waals surface area contributed by atoms with E-state index in [-0.39, 0.29) is 16.7 Å². The summed E-state index contributed by atoms with van der Waals surface area (Å²) in [6, 6.07) is 14.9. The van der Waals surface area contributed by atoms with Gasteiger partial charge < -0.3 is 0 Å². The predicted octanol–water partition coefficient (Wildman–Crippen LogP) is 2.97.